The van der Waals surface area contributed by atoms with Gasteiger partial charge < -0.3 is 9.80 Å². The van der Waals surface area contributed by atoms with Crippen LogP contribution in [0.2, 0.25) is 0 Å². The smallest absolute Gasteiger partial charge is 0.275 e. The molecule has 1 aromatic carbocycles. The predicted octanol–water partition coefficient (Wildman–Crippen LogP) is 3.59. The summed E-state index contributed by atoms with van der Waals surface area (Å²) in [4.78, 5) is 12.8. The number of nitrogens with zero attached hydrogens (tertiary/aromatic N) is 1. The second-order valence-electron chi connectivity index (χ2n) is 9.42. The van der Waals surface area contributed by atoms with Crippen molar-refractivity contribution in [2.75, 3.05) is 20.6 Å². The quantitative estimate of drug-likeness (QED) is 0.822. The number of carbonyl (C=O) groups excluding carboxylic acids is 1. The highest BCUT2D eigenvalue weighted by atomic mass is 16.2. The highest BCUT2D eigenvalue weighted by molar-refractivity contribution is 5.78. The van der Waals surface area contributed by atoms with Crippen molar-refractivity contribution in [1.29, 1.82) is 0 Å². The van der Waals surface area contributed by atoms with E-state index < -0.39 is 0 Å². The maximum atomic E-state index is 12.8. The van der Waals surface area contributed by atoms with E-state index >= 15 is 0 Å². The first-order chi connectivity index (χ1) is 11.1. The summed E-state index contributed by atoms with van der Waals surface area (Å²) in [5, 5.41) is 3.46. The van der Waals surface area contributed by atoms with Gasteiger partial charge in [0.15, 0.2) is 6.54 Å². The molecular formula is C21H33N2O+. The minimum absolute atomic E-state index is 0.0558. The summed E-state index contributed by atoms with van der Waals surface area (Å²) in [7, 11) is 4.28. The normalized spacial score (nSPS) is 31.2. The molecule has 2 aliphatic carbocycles. The predicted molar refractivity (Wildman–Crippen MR) is 98.3 cm³/mol. The molecular weight excluding hydrogens is 296 g/mol. The first-order valence-corrected chi connectivity index (χ1v) is 9.31. The van der Waals surface area contributed by atoms with Gasteiger partial charge >= 0.3 is 0 Å². The van der Waals surface area contributed by atoms with E-state index in [1.807, 2.05) is 6.07 Å². The lowest BCUT2D eigenvalue weighted by Gasteiger charge is -2.48. The van der Waals surface area contributed by atoms with E-state index in [1.54, 1.807) is 0 Å². The first kappa shape index (κ1) is 17.5. The van der Waals surface area contributed by atoms with Crippen LogP contribution in [-0.2, 0) is 11.3 Å². The summed E-state index contributed by atoms with van der Waals surface area (Å²) in [6.45, 7) is 8.38. The Morgan fingerprint density at radius 3 is 2.33 bits per heavy atom. The molecule has 3 atom stereocenters. The first-order valence-electron chi connectivity index (χ1n) is 9.31. The molecule has 24 heavy (non-hydrogen) atoms. The number of hydrogen-bond acceptors (Lipinski definition) is 1. The lowest BCUT2D eigenvalue weighted by atomic mass is 9.64. The van der Waals surface area contributed by atoms with Crippen LogP contribution in [0.3, 0.4) is 0 Å². The van der Waals surface area contributed by atoms with Gasteiger partial charge in [-0.2, -0.15) is 0 Å². The van der Waals surface area contributed by atoms with E-state index in [0.29, 0.717) is 16.9 Å². The second kappa shape index (κ2) is 5.87. The summed E-state index contributed by atoms with van der Waals surface area (Å²) >= 11 is 0. The third-order valence-corrected chi connectivity index (χ3v) is 7.03. The fraction of sp³-hybridized carbons (Fsp3) is 0.667. The number of quaternary nitrogens is 1. The van der Waals surface area contributed by atoms with Crippen molar-refractivity contribution in [3.05, 3.63) is 35.9 Å². The van der Waals surface area contributed by atoms with E-state index in [0.717, 1.165) is 12.5 Å². The zero-order valence-electron chi connectivity index (χ0n) is 15.9. The Morgan fingerprint density at radius 2 is 1.75 bits per heavy atom. The van der Waals surface area contributed by atoms with Gasteiger partial charge in [-0.3, -0.25) is 4.79 Å². The highest BCUT2D eigenvalue weighted by Gasteiger charge is 2.61. The van der Waals surface area contributed by atoms with Gasteiger partial charge in [-0.15, -0.1) is 0 Å². The van der Waals surface area contributed by atoms with E-state index in [2.05, 4.69) is 64.4 Å². The van der Waals surface area contributed by atoms with Crippen LogP contribution >= 0.6 is 0 Å². The molecule has 0 unspecified atom stereocenters. The average molecular weight is 330 g/mol. The Bertz CT molecular complexity index is 608. The van der Waals surface area contributed by atoms with E-state index in [9.17, 15) is 4.79 Å². The number of amides is 1. The van der Waals surface area contributed by atoms with Gasteiger partial charge in [-0.05, 0) is 43.4 Å². The SMILES string of the molecule is CC1(C)[C@@H]2CC[C@@H](C2)[C@@]1(C)NC(=O)C[N+](C)(C)Cc1ccccc1. The summed E-state index contributed by atoms with van der Waals surface area (Å²) < 4.78 is 0.681. The molecule has 0 saturated heterocycles. The number of carbonyl (C=O) groups is 1. The monoisotopic (exact) mass is 329 g/mol. The molecule has 0 radical (unpaired) electrons. The van der Waals surface area contributed by atoms with Crippen LogP contribution in [0.4, 0.5) is 0 Å². The Hall–Kier alpha value is -1.35. The number of fused-ring (bicyclic) bond motifs is 2. The van der Waals surface area contributed by atoms with Gasteiger partial charge in [0.25, 0.3) is 5.91 Å². The molecule has 0 aromatic heterocycles. The van der Waals surface area contributed by atoms with Crippen LogP contribution < -0.4 is 5.32 Å². The van der Waals surface area contributed by atoms with Crippen LogP contribution in [0.5, 0.6) is 0 Å². The molecule has 0 aliphatic heterocycles. The molecule has 2 fully saturated rings. The maximum absolute atomic E-state index is 12.8. The van der Waals surface area contributed by atoms with Gasteiger partial charge in [0.1, 0.15) is 6.54 Å². The van der Waals surface area contributed by atoms with Crippen LogP contribution in [0.15, 0.2) is 30.3 Å². The molecule has 0 heterocycles. The minimum atomic E-state index is -0.0558. The highest BCUT2D eigenvalue weighted by Crippen LogP contribution is 2.61. The Labute approximate surface area is 147 Å². The number of benzene rings is 1. The summed E-state index contributed by atoms with van der Waals surface area (Å²) in [5.74, 6) is 1.60. The molecule has 1 amide bonds. The molecule has 3 nitrogen and oxygen atoms in total. The fourth-order valence-electron chi connectivity index (χ4n) is 5.23. The molecule has 3 heteroatoms. The molecule has 2 saturated carbocycles. The maximum Gasteiger partial charge on any atom is 0.275 e. The standard InChI is InChI=1S/C21H32N2O/c1-20(2)17-11-12-18(13-17)21(20,3)22-19(24)15-23(4,5)14-16-9-7-6-8-10-16/h6-10,17-18H,11-15H2,1-5H3/p+1/t17-,18+,21-/m1/s1. The van der Waals surface area contributed by atoms with E-state index in [4.69, 9.17) is 0 Å². The van der Waals surface area contributed by atoms with Crippen LogP contribution in [-0.4, -0.2) is 36.6 Å². The molecule has 2 bridgehead atoms. The molecule has 1 aromatic rings. The Balaban J connectivity index is 1.65. The molecule has 132 valence electrons. The van der Waals surface area contributed by atoms with Crippen molar-refractivity contribution in [2.45, 2.75) is 52.1 Å². The van der Waals surface area contributed by atoms with Gasteiger partial charge in [-0.1, -0.05) is 44.2 Å². The molecule has 2 aliphatic rings. The number of nitrogens with one attached hydrogen (secondary N) is 1. The summed E-state index contributed by atoms with van der Waals surface area (Å²) in [6, 6.07) is 10.4. The Kier molecular flexibility index (Phi) is 4.28. The third kappa shape index (κ3) is 2.99. The number of likely N-dealkylation sites (N-methyl/N-ethyl adjacent to an activating group) is 1. The lowest BCUT2D eigenvalue weighted by Crippen LogP contribution is -2.61. The van der Waals surface area contributed by atoms with Gasteiger partial charge in [-0.25, -0.2) is 0 Å². The van der Waals surface area contributed by atoms with Crippen LogP contribution in [0.25, 0.3) is 0 Å². The largest absolute Gasteiger partial charge is 0.345 e. The zero-order valence-corrected chi connectivity index (χ0v) is 15.9. The van der Waals surface area contributed by atoms with Gasteiger partial charge in [0, 0.05) is 11.1 Å². The molecule has 1 N–H and O–H groups in total. The average Bonchev–Trinajstić information content (AvgIpc) is 3.02. The van der Waals surface area contributed by atoms with Crippen molar-refractivity contribution < 1.29 is 9.28 Å². The summed E-state index contributed by atoms with van der Waals surface area (Å²) in [5.41, 5.74) is 1.42. The molecule has 0 spiro atoms. The van der Waals surface area contributed by atoms with Gasteiger partial charge in [0.2, 0.25) is 0 Å². The van der Waals surface area contributed by atoms with E-state index in [1.165, 1.54) is 24.8 Å². The van der Waals surface area contributed by atoms with Crippen LogP contribution in [0, 0.1) is 17.3 Å². The fourth-order valence-corrected chi connectivity index (χ4v) is 5.23. The van der Waals surface area contributed by atoms with Crippen LogP contribution in [0.1, 0.15) is 45.6 Å². The van der Waals surface area contributed by atoms with Crippen molar-refractivity contribution in [1.82, 2.24) is 5.32 Å². The molecule has 3 rings (SSSR count). The zero-order chi connectivity index (χ0) is 17.6. The summed E-state index contributed by atoms with van der Waals surface area (Å²) in [6.07, 6.45) is 3.89. The third-order valence-electron chi connectivity index (χ3n) is 7.03. The van der Waals surface area contributed by atoms with Crippen molar-refractivity contribution >= 4 is 5.91 Å². The number of hydrogen-bond donors (Lipinski definition) is 1. The van der Waals surface area contributed by atoms with Gasteiger partial charge in [0.05, 0.1) is 14.1 Å². The minimum Gasteiger partial charge on any atom is -0.345 e. The Morgan fingerprint density at radius 1 is 1.12 bits per heavy atom. The topological polar surface area (TPSA) is 29.1 Å². The second-order valence-corrected chi connectivity index (χ2v) is 9.42. The lowest BCUT2D eigenvalue weighted by molar-refractivity contribution is -0.895. The van der Waals surface area contributed by atoms with Crippen molar-refractivity contribution in [3.8, 4) is 0 Å². The van der Waals surface area contributed by atoms with Crippen molar-refractivity contribution in [3.63, 3.8) is 0 Å². The van der Waals surface area contributed by atoms with E-state index in [-0.39, 0.29) is 16.9 Å². The number of rotatable bonds is 5. The van der Waals surface area contributed by atoms with Crippen molar-refractivity contribution in [2.24, 2.45) is 17.3 Å².